The van der Waals surface area contributed by atoms with Crippen LogP contribution in [-0.2, 0) is 6.42 Å². The van der Waals surface area contributed by atoms with Gasteiger partial charge in [-0.15, -0.1) is 11.3 Å². The second-order valence-corrected chi connectivity index (χ2v) is 7.30. The number of aromatic nitrogens is 4. The first-order chi connectivity index (χ1) is 12.6. The van der Waals surface area contributed by atoms with E-state index in [9.17, 15) is 4.79 Å². The SMILES string of the molecule is Cc1noc(C)c1-c1cc(C[C@H]2CCN(C(=O)c3cscn3)C2)ncn1. The van der Waals surface area contributed by atoms with Gasteiger partial charge in [0.15, 0.2) is 0 Å². The average molecular weight is 369 g/mol. The molecule has 26 heavy (non-hydrogen) atoms. The first-order valence-electron chi connectivity index (χ1n) is 8.53. The predicted octanol–water partition coefficient (Wildman–Crippen LogP) is 2.91. The molecule has 1 aliphatic rings. The van der Waals surface area contributed by atoms with Gasteiger partial charge in [0.2, 0.25) is 0 Å². The predicted molar refractivity (Wildman–Crippen MR) is 96.8 cm³/mol. The molecule has 1 aliphatic heterocycles. The van der Waals surface area contributed by atoms with Gasteiger partial charge in [0, 0.05) is 24.2 Å². The largest absolute Gasteiger partial charge is 0.361 e. The number of likely N-dealkylation sites (tertiary alicyclic amines) is 1. The van der Waals surface area contributed by atoms with Gasteiger partial charge < -0.3 is 9.42 Å². The highest BCUT2D eigenvalue weighted by atomic mass is 32.1. The van der Waals surface area contributed by atoms with Crippen LogP contribution < -0.4 is 0 Å². The second kappa shape index (κ2) is 6.95. The summed E-state index contributed by atoms with van der Waals surface area (Å²) in [6.45, 7) is 5.30. The van der Waals surface area contributed by atoms with Crippen LogP contribution in [0, 0.1) is 19.8 Å². The van der Waals surface area contributed by atoms with Gasteiger partial charge in [0.05, 0.1) is 22.5 Å². The number of aryl methyl sites for hydroxylation is 2. The maximum Gasteiger partial charge on any atom is 0.273 e. The Labute approximate surface area is 155 Å². The van der Waals surface area contributed by atoms with E-state index in [0.29, 0.717) is 11.6 Å². The molecule has 0 unspecified atom stereocenters. The Morgan fingerprint density at radius 1 is 1.35 bits per heavy atom. The number of amides is 1. The Hall–Kier alpha value is -2.61. The van der Waals surface area contributed by atoms with Crippen LogP contribution in [0.2, 0.25) is 0 Å². The summed E-state index contributed by atoms with van der Waals surface area (Å²) in [7, 11) is 0. The quantitative estimate of drug-likeness (QED) is 0.703. The number of hydrogen-bond donors (Lipinski definition) is 0. The summed E-state index contributed by atoms with van der Waals surface area (Å²) in [5.41, 5.74) is 5.80. The summed E-state index contributed by atoms with van der Waals surface area (Å²) in [5, 5.41) is 5.80. The van der Waals surface area contributed by atoms with Gasteiger partial charge in [0.25, 0.3) is 5.91 Å². The molecule has 134 valence electrons. The van der Waals surface area contributed by atoms with E-state index in [1.54, 1.807) is 17.2 Å². The first-order valence-corrected chi connectivity index (χ1v) is 9.47. The number of hydrogen-bond acceptors (Lipinski definition) is 7. The first kappa shape index (κ1) is 16.8. The minimum Gasteiger partial charge on any atom is -0.361 e. The van der Waals surface area contributed by atoms with Crippen LogP contribution in [0.3, 0.4) is 0 Å². The molecule has 4 rings (SSSR count). The number of thiazole rings is 1. The zero-order valence-corrected chi connectivity index (χ0v) is 15.5. The van der Waals surface area contributed by atoms with Gasteiger partial charge in [-0.3, -0.25) is 4.79 Å². The monoisotopic (exact) mass is 369 g/mol. The van der Waals surface area contributed by atoms with Crippen molar-refractivity contribution in [1.82, 2.24) is 25.0 Å². The van der Waals surface area contributed by atoms with Crippen LogP contribution in [0.1, 0.15) is 34.1 Å². The third-order valence-electron chi connectivity index (χ3n) is 4.74. The van der Waals surface area contributed by atoms with E-state index in [2.05, 4.69) is 20.1 Å². The Balaban J connectivity index is 1.45. The number of carbonyl (C=O) groups is 1. The average Bonchev–Trinajstić information content (AvgIpc) is 3.37. The number of nitrogens with zero attached hydrogens (tertiary/aromatic N) is 5. The van der Waals surface area contributed by atoms with Crippen molar-refractivity contribution in [2.45, 2.75) is 26.7 Å². The van der Waals surface area contributed by atoms with Crippen LogP contribution in [-0.4, -0.2) is 44.0 Å². The molecule has 1 fully saturated rings. The fourth-order valence-electron chi connectivity index (χ4n) is 3.45. The summed E-state index contributed by atoms with van der Waals surface area (Å²) in [4.78, 5) is 27.2. The Kier molecular flexibility index (Phi) is 4.50. The minimum absolute atomic E-state index is 0.0212. The maximum atomic E-state index is 12.4. The van der Waals surface area contributed by atoms with Gasteiger partial charge in [0.1, 0.15) is 17.8 Å². The molecule has 1 amide bonds. The Bertz CT molecular complexity index is 902. The van der Waals surface area contributed by atoms with Crippen molar-refractivity contribution in [2.24, 2.45) is 5.92 Å². The van der Waals surface area contributed by atoms with Crippen molar-refractivity contribution in [1.29, 1.82) is 0 Å². The highest BCUT2D eigenvalue weighted by Crippen LogP contribution is 2.27. The van der Waals surface area contributed by atoms with Crippen molar-refractivity contribution < 1.29 is 9.32 Å². The summed E-state index contributed by atoms with van der Waals surface area (Å²) in [6, 6.07) is 2.00. The maximum absolute atomic E-state index is 12.4. The lowest BCUT2D eigenvalue weighted by molar-refractivity contribution is 0.0782. The summed E-state index contributed by atoms with van der Waals surface area (Å²) in [5.74, 6) is 1.17. The van der Waals surface area contributed by atoms with Gasteiger partial charge >= 0.3 is 0 Å². The summed E-state index contributed by atoms with van der Waals surface area (Å²) in [6.07, 6.45) is 3.38. The summed E-state index contributed by atoms with van der Waals surface area (Å²) < 4.78 is 5.24. The molecular weight excluding hydrogens is 350 g/mol. The van der Waals surface area contributed by atoms with Crippen molar-refractivity contribution in [3.63, 3.8) is 0 Å². The van der Waals surface area contributed by atoms with E-state index in [1.807, 2.05) is 24.8 Å². The molecule has 0 spiro atoms. The molecule has 3 aromatic heterocycles. The van der Waals surface area contributed by atoms with E-state index in [1.165, 1.54) is 11.3 Å². The van der Waals surface area contributed by atoms with Crippen LogP contribution >= 0.6 is 11.3 Å². The molecule has 4 heterocycles. The van der Waals surface area contributed by atoms with Gasteiger partial charge in [-0.25, -0.2) is 15.0 Å². The van der Waals surface area contributed by atoms with Crippen LogP contribution in [0.4, 0.5) is 0 Å². The molecule has 1 saturated heterocycles. The fourth-order valence-corrected chi connectivity index (χ4v) is 3.98. The number of rotatable bonds is 4. The molecule has 0 N–H and O–H groups in total. The third kappa shape index (κ3) is 3.24. The van der Waals surface area contributed by atoms with Crippen molar-refractivity contribution >= 4 is 17.2 Å². The molecule has 0 saturated carbocycles. The number of carbonyl (C=O) groups excluding carboxylic acids is 1. The van der Waals surface area contributed by atoms with Crippen molar-refractivity contribution in [2.75, 3.05) is 13.1 Å². The smallest absolute Gasteiger partial charge is 0.273 e. The van der Waals surface area contributed by atoms with Crippen LogP contribution in [0.5, 0.6) is 0 Å². The highest BCUT2D eigenvalue weighted by molar-refractivity contribution is 7.07. The van der Waals surface area contributed by atoms with Crippen molar-refractivity contribution in [3.05, 3.63) is 46.1 Å². The van der Waals surface area contributed by atoms with E-state index in [4.69, 9.17) is 4.52 Å². The molecule has 1 atom stereocenters. The summed E-state index contributed by atoms with van der Waals surface area (Å²) >= 11 is 1.44. The van der Waals surface area contributed by atoms with Crippen LogP contribution in [0.15, 0.2) is 27.8 Å². The van der Waals surface area contributed by atoms with Gasteiger partial charge in [-0.2, -0.15) is 0 Å². The normalized spacial score (nSPS) is 17.0. The Morgan fingerprint density at radius 3 is 2.96 bits per heavy atom. The Morgan fingerprint density at radius 2 is 2.23 bits per heavy atom. The zero-order chi connectivity index (χ0) is 18.1. The van der Waals surface area contributed by atoms with E-state index in [-0.39, 0.29) is 5.91 Å². The van der Waals surface area contributed by atoms with Crippen LogP contribution in [0.25, 0.3) is 11.3 Å². The van der Waals surface area contributed by atoms with Crippen molar-refractivity contribution in [3.8, 4) is 11.3 Å². The van der Waals surface area contributed by atoms with Gasteiger partial charge in [-0.1, -0.05) is 5.16 Å². The van der Waals surface area contributed by atoms with E-state index >= 15 is 0 Å². The molecule has 8 heteroatoms. The standard InChI is InChI=1S/C18H19N5O2S/c1-11-17(12(2)25-22-11)15-6-14(19-9-20-15)5-13-3-4-23(7-13)18(24)16-8-26-10-21-16/h6,8-10,13H,3-5,7H2,1-2H3/t13-/m1/s1. The topological polar surface area (TPSA) is 85.0 Å². The lowest BCUT2D eigenvalue weighted by Gasteiger charge is -2.15. The molecule has 0 aromatic carbocycles. The third-order valence-corrected chi connectivity index (χ3v) is 5.32. The lowest BCUT2D eigenvalue weighted by Crippen LogP contribution is -2.29. The second-order valence-electron chi connectivity index (χ2n) is 6.58. The molecule has 3 aromatic rings. The fraction of sp³-hybridized carbons (Fsp3) is 0.389. The molecule has 7 nitrogen and oxygen atoms in total. The lowest BCUT2D eigenvalue weighted by atomic mass is 10.0. The molecule has 0 bridgehead atoms. The molecule has 0 aliphatic carbocycles. The highest BCUT2D eigenvalue weighted by Gasteiger charge is 2.28. The molecular formula is C18H19N5O2S. The minimum atomic E-state index is 0.0212. The molecule has 0 radical (unpaired) electrons. The van der Waals surface area contributed by atoms with E-state index < -0.39 is 0 Å². The van der Waals surface area contributed by atoms with E-state index in [0.717, 1.165) is 54.3 Å². The van der Waals surface area contributed by atoms with Gasteiger partial charge in [-0.05, 0) is 38.7 Å². The zero-order valence-electron chi connectivity index (χ0n) is 14.7.